The summed E-state index contributed by atoms with van der Waals surface area (Å²) in [5.41, 5.74) is 2.07. The lowest BCUT2D eigenvalue weighted by Crippen LogP contribution is -2.24. The number of nitrogens with zero attached hydrogens (tertiary/aromatic N) is 1. The van der Waals surface area contributed by atoms with Gasteiger partial charge >= 0.3 is 0 Å². The predicted molar refractivity (Wildman–Crippen MR) is 67.4 cm³/mol. The molecular weight excluding hydrogens is 214 g/mol. The highest BCUT2D eigenvalue weighted by Crippen LogP contribution is 2.20. The number of fused-ring (bicyclic) bond motifs is 1. The van der Waals surface area contributed by atoms with Crippen molar-refractivity contribution in [3.63, 3.8) is 0 Å². The molecule has 3 rings (SSSR count). The minimum absolute atomic E-state index is 0.581. The minimum Gasteiger partial charge on any atom is -0.497 e. The van der Waals surface area contributed by atoms with E-state index in [1.807, 2.05) is 18.2 Å². The van der Waals surface area contributed by atoms with E-state index in [0.29, 0.717) is 6.04 Å². The van der Waals surface area contributed by atoms with Gasteiger partial charge in [-0.1, -0.05) is 0 Å². The van der Waals surface area contributed by atoms with Gasteiger partial charge in [-0.05, 0) is 31.5 Å². The number of aromatic amines is 1. The summed E-state index contributed by atoms with van der Waals surface area (Å²) in [5, 5.41) is 3.49. The molecule has 4 nitrogen and oxygen atoms in total. The molecule has 1 aromatic carbocycles. The Hall–Kier alpha value is -1.55. The number of nitrogens with one attached hydrogen (secondary N) is 2. The first-order valence-corrected chi connectivity index (χ1v) is 6.11. The van der Waals surface area contributed by atoms with Crippen LogP contribution in [0.4, 0.5) is 0 Å². The van der Waals surface area contributed by atoms with Crippen LogP contribution in [0.1, 0.15) is 18.7 Å². The molecule has 1 atom stereocenters. The smallest absolute Gasteiger partial charge is 0.121 e. The Labute approximate surface area is 100 Å². The highest BCUT2D eigenvalue weighted by atomic mass is 16.5. The third-order valence-electron chi connectivity index (χ3n) is 3.34. The average Bonchev–Trinajstić information content (AvgIpc) is 2.96. The Balaban J connectivity index is 1.85. The summed E-state index contributed by atoms with van der Waals surface area (Å²) in [6.07, 6.45) is 3.51. The van der Waals surface area contributed by atoms with Gasteiger partial charge in [0.05, 0.1) is 18.1 Å². The van der Waals surface area contributed by atoms with Crippen LogP contribution in [0.15, 0.2) is 18.2 Å². The van der Waals surface area contributed by atoms with Crippen LogP contribution in [-0.2, 0) is 6.42 Å². The molecule has 1 aromatic heterocycles. The van der Waals surface area contributed by atoms with Gasteiger partial charge in [-0.3, -0.25) is 0 Å². The molecule has 0 amide bonds. The number of imidazole rings is 1. The zero-order chi connectivity index (χ0) is 11.7. The third kappa shape index (κ3) is 2.13. The molecule has 0 spiro atoms. The second-order valence-electron chi connectivity index (χ2n) is 4.56. The van der Waals surface area contributed by atoms with E-state index >= 15 is 0 Å². The number of aromatic nitrogens is 2. The summed E-state index contributed by atoms with van der Waals surface area (Å²) in [6, 6.07) is 6.52. The van der Waals surface area contributed by atoms with Gasteiger partial charge in [0, 0.05) is 18.5 Å². The van der Waals surface area contributed by atoms with Crippen LogP contribution in [0.5, 0.6) is 5.75 Å². The molecule has 2 N–H and O–H groups in total. The lowest BCUT2D eigenvalue weighted by atomic mass is 10.1. The quantitative estimate of drug-likeness (QED) is 0.847. The van der Waals surface area contributed by atoms with E-state index < -0.39 is 0 Å². The topological polar surface area (TPSA) is 49.9 Å². The molecule has 2 heterocycles. The number of hydrogen-bond donors (Lipinski definition) is 2. The van der Waals surface area contributed by atoms with Crippen LogP contribution in [0, 0.1) is 0 Å². The van der Waals surface area contributed by atoms with E-state index in [0.717, 1.165) is 35.6 Å². The van der Waals surface area contributed by atoms with Crippen molar-refractivity contribution in [3.05, 3.63) is 24.0 Å². The first kappa shape index (κ1) is 10.6. The molecule has 1 saturated heterocycles. The second-order valence-corrected chi connectivity index (χ2v) is 4.56. The first-order chi connectivity index (χ1) is 8.35. The lowest BCUT2D eigenvalue weighted by Gasteiger charge is -2.06. The zero-order valence-corrected chi connectivity index (χ0v) is 9.99. The minimum atomic E-state index is 0.581. The Morgan fingerprint density at radius 3 is 3.18 bits per heavy atom. The Morgan fingerprint density at radius 1 is 1.47 bits per heavy atom. The zero-order valence-electron chi connectivity index (χ0n) is 9.99. The fourth-order valence-corrected chi connectivity index (χ4v) is 2.43. The summed E-state index contributed by atoms with van der Waals surface area (Å²) < 4.78 is 5.20. The standard InChI is InChI=1S/C13H17N3O/c1-17-10-4-5-11-12(8-10)16-13(15-11)7-9-3-2-6-14-9/h4-5,8-9,14H,2-3,6-7H2,1H3,(H,15,16). The van der Waals surface area contributed by atoms with Crippen molar-refractivity contribution < 1.29 is 4.74 Å². The van der Waals surface area contributed by atoms with Crippen LogP contribution >= 0.6 is 0 Å². The summed E-state index contributed by atoms with van der Waals surface area (Å²) in [7, 11) is 1.68. The van der Waals surface area contributed by atoms with Gasteiger partial charge in [0.2, 0.25) is 0 Å². The molecule has 0 aliphatic carbocycles. The average molecular weight is 231 g/mol. The van der Waals surface area contributed by atoms with Crippen molar-refractivity contribution in [2.75, 3.05) is 13.7 Å². The SMILES string of the molecule is COc1ccc2nc(CC3CCCN3)[nH]c2c1. The summed E-state index contributed by atoms with van der Waals surface area (Å²) in [5.74, 6) is 1.93. The Morgan fingerprint density at radius 2 is 2.41 bits per heavy atom. The second kappa shape index (κ2) is 4.37. The van der Waals surface area contributed by atoms with E-state index in [2.05, 4.69) is 15.3 Å². The molecule has 0 saturated carbocycles. The highest BCUT2D eigenvalue weighted by Gasteiger charge is 2.16. The van der Waals surface area contributed by atoms with Crippen molar-refractivity contribution in [1.82, 2.24) is 15.3 Å². The van der Waals surface area contributed by atoms with E-state index in [4.69, 9.17) is 4.74 Å². The molecule has 1 unspecified atom stereocenters. The summed E-state index contributed by atoms with van der Waals surface area (Å²) in [4.78, 5) is 7.97. The van der Waals surface area contributed by atoms with Gasteiger partial charge < -0.3 is 15.0 Å². The van der Waals surface area contributed by atoms with Gasteiger partial charge in [-0.15, -0.1) is 0 Å². The summed E-state index contributed by atoms with van der Waals surface area (Å²) in [6.45, 7) is 1.14. The van der Waals surface area contributed by atoms with Gasteiger partial charge in [-0.25, -0.2) is 4.98 Å². The molecule has 4 heteroatoms. The number of benzene rings is 1. The monoisotopic (exact) mass is 231 g/mol. The number of hydrogen-bond acceptors (Lipinski definition) is 3. The van der Waals surface area contributed by atoms with Crippen molar-refractivity contribution in [1.29, 1.82) is 0 Å². The predicted octanol–water partition coefficient (Wildman–Crippen LogP) is 1.87. The van der Waals surface area contributed by atoms with Crippen LogP contribution < -0.4 is 10.1 Å². The van der Waals surface area contributed by atoms with E-state index in [1.54, 1.807) is 7.11 Å². The van der Waals surface area contributed by atoms with Crippen LogP contribution in [-0.4, -0.2) is 29.7 Å². The van der Waals surface area contributed by atoms with Gasteiger partial charge in [-0.2, -0.15) is 0 Å². The highest BCUT2D eigenvalue weighted by molar-refractivity contribution is 5.76. The normalized spacial score (nSPS) is 19.9. The Bertz CT molecular complexity index is 514. The molecular formula is C13H17N3O. The third-order valence-corrected chi connectivity index (χ3v) is 3.34. The molecule has 0 radical (unpaired) electrons. The van der Waals surface area contributed by atoms with Crippen LogP contribution in [0.25, 0.3) is 11.0 Å². The van der Waals surface area contributed by atoms with Crippen molar-refractivity contribution in [2.45, 2.75) is 25.3 Å². The Kier molecular flexibility index (Phi) is 2.73. The number of rotatable bonds is 3. The molecule has 90 valence electrons. The molecule has 17 heavy (non-hydrogen) atoms. The maximum absolute atomic E-state index is 5.20. The van der Waals surface area contributed by atoms with Gasteiger partial charge in [0.25, 0.3) is 0 Å². The van der Waals surface area contributed by atoms with Crippen molar-refractivity contribution >= 4 is 11.0 Å². The maximum Gasteiger partial charge on any atom is 0.121 e. The molecule has 0 bridgehead atoms. The number of H-pyrrole nitrogens is 1. The van der Waals surface area contributed by atoms with Crippen LogP contribution in [0.2, 0.25) is 0 Å². The van der Waals surface area contributed by atoms with E-state index in [-0.39, 0.29) is 0 Å². The molecule has 1 aliphatic heterocycles. The number of ether oxygens (including phenoxy) is 1. The fraction of sp³-hybridized carbons (Fsp3) is 0.462. The molecule has 2 aromatic rings. The largest absolute Gasteiger partial charge is 0.497 e. The van der Waals surface area contributed by atoms with Crippen LogP contribution in [0.3, 0.4) is 0 Å². The van der Waals surface area contributed by atoms with E-state index in [1.165, 1.54) is 12.8 Å². The lowest BCUT2D eigenvalue weighted by molar-refractivity contribution is 0.415. The van der Waals surface area contributed by atoms with Gasteiger partial charge in [0.1, 0.15) is 11.6 Å². The summed E-state index contributed by atoms with van der Waals surface area (Å²) >= 11 is 0. The maximum atomic E-state index is 5.20. The number of methoxy groups -OCH3 is 1. The molecule has 1 aliphatic rings. The fourth-order valence-electron chi connectivity index (χ4n) is 2.43. The van der Waals surface area contributed by atoms with Crippen molar-refractivity contribution in [2.24, 2.45) is 0 Å². The van der Waals surface area contributed by atoms with E-state index in [9.17, 15) is 0 Å². The van der Waals surface area contributed by atoms with Gasteiger partial charge in [0.15, 0.2) is 0 Å². The first-order valence-electron chi connectivity index (χ1n) is 6.11. The van der Waals surface area contributed by atoms with Crippen molar-refractivity contribution in [3.8, 4) is 5.75 Å². The molecule has 1 fully saturated rings.